The molecule has 0 aliphatic carbocycles. The van der Waals surface area contributed by atoms with Crippen molar-refractivity contribution < 1.29 is 26.5 Å². The highest BCUT2D eigenvalue weighted by Crippen LogP contribution is 2.36. The van der Waals surface area contributed by atoms with Gasteiger partial charge in [-0.2, -0.15) is 13.2 Å². The van der Waals surface area contributed by atoms with Crippen LogP contribution in [0.25, 0.3) is 0 Å². The van der Waals surface area contributed by atoms with Crippen LogP contribution >= 0.6 is 0 Å². The molecule has 0 fully saturated rings. The van der Waals surface area contributed by atoms with E-state index in [2.05, 4.69) is 5.14 Å². The molecule has 2 N–H and O–H groups in total. The van der Waals surface area contributed by atoms with Gasteiger partial charge in [-0.1, -0.05) is 0 Å². The zero-order chi connectivity index (χ0) is 13.4. The summed E-state index contributed by atoms with van der Waals surface area (Å²) >= 11 is 0. The number of nitrogens with two attached hydrogens (primary N) is 1. The average Bonchev–Trinajstić information content (AvgIpc) is 2.14. The maximum atomic E-state index is 12.4. The van der Waals surface area contributed by atoms with E-state index in [1.54, 1.807) is 0 Å². The highest BCUT2D eigenvalue weighted by Gasteiger charge is 2.38. The van der Waals surface area contributed by atoms with Gasteiger partial charge in [0.2, 0.25) is 10.0 Å². The van der Waals surface area contributed by atoms with Gasteiger partial charge in [-0.05, 0) is 12.1 Å². The van der Waals surface area contributed by atoms with Crippen LogP contribution in [0.4, 0.5) is 18.9 Å². The van der Waals surface area contributed by atoms with Crippen LogP contribution in [-0.2, 0) is 16.2 Å². The molecular weight excluding hydrogens is 265 g/mol. The van der Waals surface area contributed by atoms with Gasteiger partial charge < -0.3 is 0 Å². The molecule has 17 heavy (non-hydrogen) atoms. The molecule has 0 heterocycles. The second kappa shape index (κ2) is 3.96. The normalized spacial score (nSPS) is 12.5. The topological polar surface area (TPSA) is 103 Å². The molecule has 1 aromatic rings. The molecule has 6 nitrogen and oxygen atoms in total. The van der Waals surface area contributed by atoms with Crippen molar-refractivity contribution in [2.24, 2.45) is 5.14 Å². The van der Waals surface area contributed by atoms with Gasteiger partial charge in [-0.25, -0.2) is 13.6 Å². The largest absolute Gasteiger partial charge is 0.422 e. The summed E-state index contributed by atoms with van der Waals surface area (Å²) in [7, 11) is -4.29. The molecule has 0 unspecified atom stereocenters. The first-order valence-electron chi connectivity index (χ1n) is 3.92. The Morgan fingerprint density at radius 3 is 2.18 bits per heavy atom. The molecular formula is C7H5F3N2O4S. The number of hydrogen-bond acceptors (Lipinski definition) is 4. The Bertz CT molecular complexity index is 567. The number of benzene rings is 1. The van der Waals surface area contributed by atoms with Gasteiger partial charge in [0.1, 0.15) is 5.56 Å². The molecule has 0 atom stereocenters. The van der Waals surface area contributed by atoms with E-state index in [0.717, 1.165) is 0 Å². The SMILES string of the molecule is NS(=O)(=O)c1ccc(C(F)(F)F)c([N+](=O)[O-])c1. The minimum Gasteiger partial charge on any atom is -0.258 e. The van der Waals surface area contributed by atoms with Crippen molar-refractivity contribution in [2.75, 3.05) is 0 Å². The number of sulfonamides is 1. The van der Waals surface area contributed by atoms with Gasteiger partial charge in [0, 0.05) is 6.07 Å². The predicted octanol–water partition coefficient (Wildman–Crippen LogP) is 1.26. The molecule has 0 saturated carbocycles. The Kier molecular flexibility index (Phi) is 3.12. The fourth-order valence-corrected chi connectivity index (χ4v) is 1.61. The first-order chi connectivity index (χ1) is 7.53. The minimum absolute atomic E-state index is 0.276. The van der Waals surface area contributed by atoms with E-state index in [1.165, 1.54) is 0 Å². The molecule has 0 bridgehead atoms. The zero-order valence-corrected chi connectivity index (χ0v) is 8.75. The Balaban J connectivity index is 3.54. The number of halogens is 3. The molecule has 0 aliphatic heterocycles. The number of primary sulfonamides is 1. The van der Waals surface area contributed by atoms with Crippen molar-refractivity contribution >= 4 is 15.7 Å². The van der Waals surface area contributed by atoms with Gasteiger partial charge in [-0.3, -0.25) is 10.1 Å². The molecule has 0 amide bonds. The van der Waals surface area contributed by atoms with Crippen LogP contribution in [0.3, 0.4) is 0 Å². The zero-order valence-electron chi connectivity index (χ0n) is 7.93. The van der Waals surface area contributed by atoms with Crippen molar-refractivity contribution in [2.45, 2.75) is 11.1 Å². The van der Waals surface area contributed by atoms with Crippen LogP contribution in [0.15, 0.2) is 23.1 Å². The predicted molar refractivity (Wildman–Crippen MR) is 49.5 cm³/mol. The van der Waals surface area contributed by atoms with Crippen molar-refractivity contribution in [3.63, 3.8) is 0 Å². The summed E-state index contributed by atoms with van der Waals surface area (Å²) in [5.41, 5.74) is -2.89. The summed E-state index contributed by atoms with van der Waals surface area (Å²) in [4.78, 5) is 8.34. The summed E-state index contributed by atoms with van der Waals surface area (Å²) in [6.45, 7) is 0. The monoisotopic (exact) mass is 270 g/mol. The maximum Gasteiger partial charge on any atom is 0.422 e. The Morgan fingerprint density at radius 1 is 1.29 bits per heavy atom. The van der Waals surface area contributed by atoms with E-state index < -0.39 is 37.3 Å². The van der Waals surface area contributed by atoms with Crippen molar-refractivity contribution in [1.29, 1.82) is 0 Å². The molecule has 1 aromatic carbocycles. The molecule has 0 aromatic heterocycles. The number of rotatable bonds is 2. The van der Waals surface area contributed by atoms with Crippen LogP contribution in [0, 0.1) is 10.1 Å². The lowest BCUT2D eigenvalue weighted by molar-refractivity contribution is -0.388. The van der Waals surface area contributed by atoms with E-state index in [-0.39, 0.29) is 6.07 Å². The fourth-order valence-electron chi connectivity index (χ4n) is 1.08. The van der Waals surface area contributed by atoms with Gasteiger partial charge >= 0.3 is 6.18 Å². The van der Waals surface area contributed by atoms with Crippen LogP contribution in [0.5, 0.6) is 0 Å². The average molecular weight is 270 g/mol. The lowest BCUT2D eigenvalue weighted by atomic mass is 10.2. The second-order valence-electron chi connectivity index (χ2n) is 2.98. The van der Waals surface area contributed by atoms with E-state index in [4.69, 9.17) is 0 Å². The van der Waals surface area contributed by atoms with E-state index in [0.29, 0.717) is 12.1 Å². The summed E-state index contributed by atoms with van der Waals surface area (Å²) in [6.07, 6.45) is -4.95. The van der Waals surface area contributed by atoms with Crippen molar-refractivity contribution in [3.05, 3.63) is 33.9 Å². The molecule has 94 valence electrons. The Labute approximate surface area is 93.0 Å². The summed E-state index contributed by atoms with van der Waals surface area (Å²) in [5, 5.41) is 15.1. The third kappa shape index (κ3) is 2.91. The Hall–Kier alpha value is -1.68. The first kappa shape index (κ1) is 13.4. The van der Waals surface area contributed by atoms with Crippen molar-refractivity contribution in [3.8, 4) is 0 Å². The molecule has 0 spiro atoms. The molecule has 10 heteroatoms. The summed E-state index contributed by atoms with van der Waals surface area (Å²) < 4.78 is 58.7. The quantitative estimate of drug-likeness (QED) is 0.645. The maximum absolute atomic E-state index is 12.4. The van der Waals surface area contributed by atoms with Crippen LogP contribution in [0.2, 0.25) is 0 Å². The third-order valence-electron chi connectivity index (χ3n) is 1.80. The Morgan fingerprint density at radius 2 is 1.82 bits per heavy atom. The number of alkyl halides is 3. The first-order valence-corrected chi connectivity index (χ1v) is 5.46. The molecule has 0 radical (unpaired) electrons. The number of hydrogen-bond donors (Lipinski definition) is 1. The lowest BCUT2D eigenvalue weighted by Crippen LogP contribution is -2.14. The highest BCUT2D eigenvalue weighted by molar-refractivity contribution is 7.89. The van der Waals surface area contributed by atoms with Crippen LogP contribution < -0.4 is 5.14 Å². The summed E-state index contributed by atoms with van der Waals surface area (Å²) in [6, 6.07) is 1.14. The van der Waals surface area contributed by atoms with Gasteiger partial charge in [0.15, 0.2) is 0 Å². The number of nitro groups is 1. The van der Waals surface area contributed by atoms with E-state index in [9.17, 15) is 31.7 Å². The molecule has 0 aliphatic rings. The summed E-state index contributed by atoms with van der Waals surface area (Å²) in [5.74, 6) is 0. The lowest BCUT2D eigenvalue weighted by Gasteiger charge is -2.07. The van der Waals surface area contributed by atoms with E-state index >= 15 is 0 Å². The number of nitrogens with zero attached hydrogens (tertiary/aromatic N) is 1. The standard InChI is InChI=1S/C7H5F3N2O4S/c8-7(9,10)5-2-1-4(17(11,15)16)3-6(5)12(13)14/h1-3H,(H2,11,15,16). The second-order valence-corrected chi connectivity index (χ2v) is 4.54. The highest BCUT2D eigenvalue weighted by atomic mass is 32.2. The number of nitro benzene ring substituents is 1. The fraction of sp³-hybridized carbons (Fsp3) is 0.143. The van der Waals surface area contributed by atoms with Gasteiger partial charge in [-0.15, -0.1) is 0 Å². The molecule has 0 saturated heterocycles. The van der Waals surface area contributed by atoms with E-state index in [1.807, 2.05) is 0 Å². The smallest absolute Gasteiger partial charge is 0.258 e. The van der Waals surface area contributed by atoms with Crippen LogP contribution in [-0.4, -0.2) is 13.3 Å². The van der Waals surface area contributed by atoms with Crippen LogP contribution in [0.1, 0.15) is 5.56 Å². The van der Waals surface area contributed by atoms with Gasteiger partial charge in [0.05, 0.1) is 9.82 Å². The molecule has 1 rings (SSSR count). The minimum atomic E-state index is -4.95. The van der Waals surface area contributed by atoms with Gasteiger partial charge in [0.25, 0.3) is 5.69 Å². The third-order valence-corrected chi connectivity index (χ3v) is 2.71. The van der Waals surface area contributed by atoms with Crippen molar-refractivity contribution in [1.82, 2.24) is 0 Å².